The highest BCUT2D eigenvalue weighted by molar-refractivity contribution is 5.89. The summed E-state index contributed by atoms with van der Waals surface area (Å²) in [4.78, 5) is 22.0. The minimum absolute atomic E-state index is 0.0796. The number of alkyl carbamates (subject to hydrolysis) is 1. The topological polar surface area (TPSA) is 55.4 Å². The quantitative estimate of drug-likeness (QED) is 0.572. The molecule has 0 aromatic carbocycles. The van der Waals surface area contributed by atoms with Crippen molar-refractivity contribution in [1.82, 2.24) is 5.32 Å². The third kappa shape index (κ3) is 10.7. The summed E-state index contributed by atoms with van der Waals surface area (Å²) in [5, 5.41) is 2.48. The molecule has 0 heterocycles. The average molecular weight is 239 g/mol. The average Bonchev–Trinajstić information content (AvgIpc) is 2.23. The highest BCUT2D eigenvalue weighted by atomic mass is 16.5. The summed E-state index contributed by atoms with van der Waals surface area (Å²) in [6.45, 7) is 10.0. The summed E-state index contributed by atoms with van der Waals surface area (Å²) in [6.07, 6.45) is 4.74. The Kier molecular flexibility index (Phi) is 6.94. The van der Waals surface area contributed by atoms with Gasteiger partial charge in [0.25, 0.3) is 0 Å². The zero-order chi connectivity index (χ0) is 13.3. The number of nitrogens with one attached hydrogen (secondary N) is 1. The van der Waals surface area contributed by atoms with E-state index >= 15 is 0 Å². The number of hydrogen-bond donors (Lipinski definition) is 1. The zero-order valence-corrected chi connectivity index (χ0v) is 10.8. The first kappa shape index (κ1) is 15.4. The van der Waals surface area contributed by atoms with Crippen LogP contribution in [0.2, 0.25) is 0 Å². The van der Waals surface area contributed by atoms with E-state index in [1.165, 1.54) is 6.08 Å². The molecule has 96 valence electrons. The maximum absolute atomic E-state index is 11.1. The van der Waals surface area contributed by atoms with Gasteiger partial charge in [-0.1, -0.05) is 39.5 Å². The lowest BCUT2D eigenvalue weighted by molar-refractivity contribution is -0.114. The number of hydrogen-bond acceptors (Lipinski definition) is 3. The Morgan fingerprint density at radius 3 is 2.53 bits per heavy atom. The van der Waals surface area contributed by atoms with Crippen LogP contribution >= 0.6 is 0 Å². The number of amides is 1. The standard InChI is InChI=1S/C13H21NO3/c1-5-11(15)7-9-14-12(16)17-10-6-8-13(2,3)4/h5-6,8H,1,7,9-10H2,2-4H3,(H,14,16). The molecule has 0 aliphatic heterocycles. The predicted octanol–water partition coefficient (Wildman–Crippen LogP) is 2.46. The number of rotatable bonds is 6. The minimum Gasteiger partial charge on any atom is -0.445 e. The van der Waals surface area contributed by atoms with E-state index in [1.54, 1.807) is 6.08 Å². The fourth-order valence-electron chi connectivity index (χ4n) is 0.966. The minimum atomic E-state index is -0.513. The third-order valence-corrected chi connectivity index (χ3v) is 1.80. The smallest absolute Gasteiger partial charge is 0.407 e. The van der Waals surface area contributed by atoms with Crippen molar-refractivity contribution in [2.24, 2.45) is 5.41 Å². The molecular formula is C13H21NO3. The fraction of sp³-hybridized carbons (Fsp3) is 0.538. The van der Waals surface area contributed by atoms with Gasteiger partial charge in [-0.25, -0.2) is 4.79 Å². The van der Waals surface area contributed by atoms with Gasteiger partial charge in [-0.2, -0.15) is 0 Å². The first-order valence-corrected chi connectivity index (χ1v) is 5.59. The van der Waals surface area contributed by atoms with Crippen molar-refractivity contribution >= 4 is 11.9 Å². The molecule has 1 N–H and O–H groups in total. The molecule has 0 radical (unpaired) electrons. The van der Waals surface area contributed by atoms with Gasteiger partial charge in [0.1, 0.15) is 6.61 Å². The first-order valence-electron chi connectivity index (χ1n) is 5.59. The molecule has 4 heteroatoms. The third-order valence-electron chi connectivity index (χ3n) is 1.80. The summed E-state index contributed by atoms with van der Waals surface area (Å²) >= 11 is 0. The van der Waals surface area contributed by atoms with Gasteiger partial charge in [0.2, 0.25) is 0 Å². The van der Waals surface area contributed by atoms with E-state index in [0.717, 1.165) is 0 Å². The second-order valence-corrected chi connectivity index (χ2v) is 4.71. The predicted molar refractivity (Wildman–Crippen MR) is 67.8 cm³/mol. The molecule has 0 atom stereocenters. The van der Waals surface area contributed by atoms with Crippen molar-refractivity contribution < 1.29 is 14.3 Å². The van der Waals surface area contributed by atoms with Crippen molar-refractivity contribution in [2.75, 3.05) is 13.2 Å². The van der Waals surface area contributed by atoms with Crippen LogP contribution in [-0.2, 0) is 9.53 Å². The Balaban J connectivity index is 3.64. The van der Waals surface area contributed by atoms with Crippen LogP contribution < -0.4 is 5.32 Å². The van der Waals surface area contributed by atoms with E-state index in [-0.39, 0.29) is 30.8 Å². The number of carbonyl (C=O) groups excluding carboxylic acids is 2. The lowest BCUT2D eigenvalue weighted by Crippen LogP contribution is -2.26. The van der Waals surface area contributed by atoms with Crippen molar-refractivity contribution in [3.05, 3.63) is 24.8 Å². The van der Waals surface area contributed by atoms with Crippen molar-refractivity contribution in [2.45, 2.75) is 27.2 Å². The van der Waals surface area contributed by atoms with Crippen molar-refractivity contribution in [3.8, 4) is 0 Å². The van der Waals surface area contributed by atoms with Crippen LogP contribution in [0.4, 0.5) is 4.79 Å². The molecule has 0 aliphatic rings. The van der Waals surface area contributed by atoms with Crippen LogP contribution in [0.1, 0.15) is 27.2 Å². The highest BCUT2D eigenvalue weighted by Crippen LogP contribution is 2.13. The fourth-order valence-corrected chi connectivity index (χ4v) is 0.966. The lowest BCUT2D eigenvalue weighted by atomic mass is 9.96. The first-order chi connectivity index (χ1) is 7.85. The van der Waals surface area contributed by atoms with Gasteiger partial charge < -0.3 is 10.1 Å². The Morgan fingerprint density at radius 1 is 1.35 bits per heavy atom. The molecule has 0 unspecified atom stereocenters. The molecule has 17 heavy (non-hydrogen) atoms. The molecule has 0 aliphatic carbocycles. The van der Waals surface area contributed by atoms with E-state index in [4.69, 9.17) is 4.74 Å². The molecule has 0 saturated carbocycles. The van der Waals surface area contributed by atoms with Gasteiger partial charge in [-0.3, -0.25) is 4.79 Å². The van der Waals surface area contributed by atoms with Crippen LogP contribution in [0.5, 0.6) is 0 Å². The Bertz CT molecular complexity index is 300. The van der Waals surface area contributed by atoms with Crippen molar-refractivity contribution in [1.29, 1.82) is 0 Å². The zero-order valence-electron chi connectivity index (χ0n) is 10.8. The number of allylic oxidation sites excluding steroid dienone is 2. The molecular weight excluding hydrogens is 218 g/mol. The molecule has 0 spiro atoms. The van der Waals surface area contributed by atoms with Gasteiger partial charge in [0.05, 0.1) is 0 Å². The van der Waals surface area contributed by atoms with Crippen LogP contribution in [0.3, 0.4) is 0 Å². The second-order valence-electron chi connectivity index (χ2n) is 4.71. The Hall–Kier alpha value is -1.58. The monoisotopic (exact) mass is 239 g/mol. The summed E-state index contributed by atoms with van der Waals surface area (Å²) in [5.41, 5.74) is 0.0796. The number of ether oxygens (including phenoxy) is 1. The summed E-state index contributed by atoms with van der Waals surface area (Å²) in [7, 11) is 0. The van der Waals surface area contributed by atoms with Crippen LogP contribution in [0.25, 0.3) is 0 Å². The van der Waals surface area contributed by atoms with E-state index in [9.17, 15) is 9.59 Å². The van der Waals surface area contributed by atoms with Gasteiger partial charge in [0, 0.05) is 13.0 Å². The SMILES string of the molecule is C=CC(=O)CCNC(=O)OCC=CC(C)(C)C. The number of carbonyl (C=O) groups is 2. The van der Waals surface area contributed by atoms with E-state index in [0.29, 0.717) is 0 Å². The molecule has 1 amide bonds. The van der Waals surface area contributed by atoms with Gasteiger partial charge >= 0.3 is 6.09 Å². The maximum atomic E-state index is 11.1. The van der Waals surface area contributed by atoms with Gasteiger partial charge in [0.15, 0.2) is 5.78 Å². The second kappa shape index (κ2) is 7.65. The summed E-state index contributed by atoms with van der Waals surface area (Å²) < 4.78 is 4.88. The lowest BCUT2D eigenvalue weighted by Gasteiger charge is -2.11. The number of ketones is 1. The Morgan fingerprint density at radius 2 is 2.00 bits per heavy atom. The molecule has 0 aromatic rings. The molecule has 0 rings (SSSR count). The Labute approximate surface area is 103 Å². The van der Waals surface area contributed by atoms with E-state index < -0.39 is 6.09 Å². The van der Waals surface area contributed by atoms with Crippen LogP contribution in [0, 0.1) is 5.41 Å². The molecule has 0 fully saturated rings. The summed E-state index contributed by atoms with van der Waals surface area (Å²) in [6, 6.07) is 0. The van der Waals surface area contributed by atoms with Crippen LogP contribution in [0.15, 0.2) is 24.8 Å². The normalized spacial score (nSPS) is 11.2. The van der Waals surface area contributed by atoms with Crippen molar-refractivity contribution in [3.63, 3.8) is 0 Å². The van der Waals surface area contributed by atoms with E-state index in [2.05, 4.69) is 32.7 Å². The molecule has 0 bridgehead atoms. The largest absolute Gasteiger partial charge is 0.445 e. The molecule has 0 saturated heterocycles. The summed E-state index contributed by atoms with van der Waals surface area (Å²) in [5.74, 6) is -0.0991. The van der Waals surface area contributed by atoms with Gasteiger partial charge in [-0.15, -0.1) is 0 Å². The van der Waals surface area contributed by atoms with Gasteiger partial charge in [-0.05, 0) is 11.5 Å². The maximum Gasteiger partial charge on any atom is 0.407 e. The molecule has 4 nitrogen and oxygen atoms in total. The highest BCUT2D eigenvalue weighted by Gasteiger charge is 2.04. The van der Waals surface area contributed by atoms with E-state index in [1.807, 2.05) is 6.08 Å². The van der Waals surface area contributed by atoms with Crippen LogP contribution in [-0.4, -0.2) is 25.0 Å². The molecule has 0 aromatic heterocycles.